The van der Waals surface area contributed by atoms with Crippen LogP contribution in [-0.2, 0) is 0 Å². The Labute approximate surface area is 130 Å². The molecule has 0 spiro atoms. The zero-order chi connectivity index (χ0) is 13.8. The number of hydrogen-bond donors (Lipinski definition) is 0. The molecule has 0 heterocycles. The number of hydrogen-bond acceptors (Lipinski definition) is 2. The van der Waals surface area contributed by atoms with Crippen LogP contribution in [0.1, 0.15) is 15.9 Å². The minimum absolute atomic E-state index is 0.0924. The molecule has 0 amide bonds. The molecule has 2 rings (SSSR count). The summed E-state index contributed by atoms with van der Waals surface area (Å²) in [4.78, 5) is 13.1. The van der Waals surface area contributed by atoms with E-state index in [-0.39, 0.29) is 5.78 Å². The third-order valence-electron chi connectivity index (χ3n) is 2.68. The minimum atomic E-state index is 0.0924. The minimum Gasteiger partial charge on any atom is -0.293 e. The first-order valence-electron chi connectivity index (χ1n) is 5.74. The van der Waals surface area contributed by atoms with Gasteiger partial charge in [0.1, 0.15) is 0 Å². The van der Waals surface area contributed by atoms with E-state index in [1.807, 2.05) is 43.3 Å². The van der Waals surface area contributed by atoms with Gasteiger partial charge in [0.15, 0.2) is 5.78 Å². The van der Waals surface area contributed by atoms with Gasteiger partial charge in [0.05, 0.1) is 5.75 Å². The second-order valence-corrected chi connectivity index (χ2v) is 6.50. The molecule has 0 bridgehead atoms. The van der Waals surface area contributed by atoms with Crippen LogP contribution >= 0.6 is 39.3 Å². The number of carbonyl (C=O) groups excluding carboxylic acids is 1. The molecular formula is C15H12BrClOS. The van der Waals surface area contributed by atoms with Crippen LogP contribution in [0.25, 0.3) is 0 Å². The first-order valence-corrected chi connectivity index (χ1v) is 7.89. The quantitative estimate of drug-likeness (QED) is 0.540. The number of rotatable bonds is 4. The second-order valence-electron chi connectivity index (χ2n) is 4.13. The van der Waals surface area contributed by atoms with Gasteiger partial charge < -0.3 is 0 Å². The molecule has 0 N–H and O–H groups in total. The molecular weight excluding hydrogens is 344 g/mol. The van der Waals surface area contributed by atoms with Gasteiger partial charge in [0.2, 0.25) is 0 Å². The van der Waals surface area contributed by atoms with Crippen molar-refractivity contribution in [2.45, 2.75) is 11.8 Å². The highest BCUT2D eigenvalue weighted by molar-refractivity contribution is 9.10. The Hall–Kier alpha value is -0.770. The van der Waals surface area contributed by atoms with Gasteiger partial charge in [-0.25, -0.2) is 0 Å². The van der Waals surface area contributed by atoms with Crippen LogP contribution in [0.4, 0.5) is 0 Å². The highest BCUT2D eigenvalue weighted by atomic mass is 79.9. The summed E-state index contributed by atoms with van der Waals surface area (Å²) >= 11 is 10.9. The Bertz CT molecular complexity index is 596. The van der Waals surface area contributed by atoms with Crippen LogP contribution < -0.4 is 0 Å². The summed E-state index contributed by atoms with van der Waals surface area (Å²) < 4.78 is 1.04. The van der Waals surface area contributed by atoms with E-state index in [9.17, 15) is 4.79 Å². The van der Waals surface area contributed by atoms with Gasteiger partial charge in [0.25, 0.3) is 0 Å². The average molecular weight is 356 g/mol. The molecule has 98 valence electrons. The number of ketones is 1. The molecule has 2 aromatic carbocycles. The smallest absolute Gasteiger partial charge is 0.173 e. The van der Waals surface area contributed by atoms with Crippen molar-refractivity contribution in [1.82, 2.24) is 0 Å². The van der Waals surface area contributed by atoms with Gasteiger partial charge in [0, 0.05) is 20.0 Å². The number of benzene rings is 2. The molecule has 0 saturated carbocycles. The molecule has 0 radical (unpaired) electrons. The predicted octanol–water partition coefficient (Wildman–Crippen LogP) is 5.39. The van der Waals surface area contributed by atoms with E-state index in [1.54, 1.807) is 6.07 Å². The molecule has 0 aliphatic rings. The number of carbonyl (C=O) groups is 1. The van der Waals surface area contributed by atoms with Crippen molar-refractivity contribution in [2.75, 3.05) is 5.75 Å². The summed E-state index contributed by atoms with van der Waals surface area (Å²) in [5.74, 6) is 0.510. The normalized spacial score (nSPS) is 10.5. The predicted molar refractivity (Wildman–Crippen MR) is 85.4 cm³/mol. The Kier molecular flexibility index (Phi) is 5.08. The van der Waals surface area contributed by atoms with Gasteiger partial charge in [-0.2, -0.15) is 0 Å². The van der Waals surface area contributed by atoms with Gasteiger partial charge in [-0.1, -0.05) is 39.7 Å². The number of Topliss-reactive ketones (excluding diaryl/α,β-unsaturated/α-hetero) is 1. The second kappa shape index (κ2) is 6.60. The van der Waals surface area contributed by atoms with E-state index in [1.165, 1.54) is 11.8 Å². The van der Waals surface area contributed by atoms with Crippen molar-refractivity contribution in [1.29, 1.82) is 0 Å². The molecule has 0 atom stereocenters. The maximum Gasteiger partial charge on any atom is 0.173 e. The molecule has 1 nitrogen and oxygen atoms in total. The van der Waals surface area contributed by atoms with E-state index >= 15 is 0 Å². The van der Waals surface area contributed by atoms with Gasteiger partial charge >= 0.3 is 0 Å². The lowest BCUT2D eigenvalue weighted by Gasteiger charge is -2.04. The van der Waals surface area contributed by atoms with Crippen molar-refractivity contribution in [3.8, 4) is 0 Å². The fourth-order valence-electron chi connectivity index (χ4n) is 1.53. The van der Waals surface area contributed by atoms with Crippen molar-refractivity contribution in [3.05, 3.63) is 63.1 Å². The van der Waals surface area contributed by atoms with Crippen LogP contribution in [0, 0.1) is 6.92 Å². The molecule has 0 aliphatic carbocycles. The summed E-state index contributed by atoms with van der Waals surface area (Å²) in [6.07, 6.45) is 0. The lowest BCUT2D eigenvalue weighted by atomic mass is 10.1. The van der Waals surface area contributed by atoms with Gasteiger partial charge in [-0.3, -0.25) is 4.79 Å². The maximum absolute atomic E-state index is 12.1. The van der Waals surface area contributed by atoms with Gasteiger partial charge in [-0.05, 0) is 42.8 Å². The molecule has 0 saturated heterocycles. The summed E-state index contributed by atoms with van der Waals surface area (Å²) in [5, 5.41) is 0.638. The highest BCUT2D eigenvalue weighted by Gasteiger charge is 2.08. The summed E-state index contributed by atoms with van der Waals surface area (Å²) in [6.45, 7) is 1.92. The summed E-state index contributed by atoms with van der Waals surface area (Å²) in [5.41, 5.74) is 1.65. The highest BCUT2D eigenvalue weighted by Crippen LogP contribution is 2.23. The zero-order valence-electron chi connectivity index (χ0n) is 10.3. The fourth-order valence-corrected chi connectivity index (χ4v) is 2.77. The first-order chi connectivity index (χ1) is 9.06. The summed E-state index contributed by atoms with van der Waals surface area (Å²) in [7, 11) is 0. The molecule has 0 unspecified atom stereocenters. The Morgan fingerprint density at radius 1 is 1.21 bits per heavy atom. The van der Waals surface area contributed by atoms with E-state index in [0.717, 1.165) is 14.9 Å². The van der Waals surface area contributed by atoms with E-state index < -0.39 is 0 Å². The summed E-state index contributed by atoms with van der Waals surface area (Å²) in [6, 6.07) is 13.4. The lowest BCUT2D eigenvalue weighted by Crippen LogP contribution is -2.02. The number of thioether (sulfide) groups is 1. The standard InChI is InChI=1S/C15H12BrClOS/c1-10-2-3-11(8-14(10)17)15(18)9-19-13-6-4-12(16)5-7-13/h2-8H,9H2,1H3. The van der Waals surface area contributed by atoms with Crippen molar-refractivity contribution < 1.29 is 4.79 Å². The molecule has 2 aromatic rings. The van der Waals surface area contributed by atoms with Crippen LogP contribution in [0.3, 0.4) is 0 Å². The van der Waals surface area contributed by atoms with Gasteiger partial charge in [-0.15, -0.1) is 11.8 Å². The third kappa shape index (κ3) is 4.10. The molecule has 4 heteroatoms. The molecule has 0 aliphatic heterocycles. The Morgan fingerprint density at radius 2 is 1.89 bits per heavy atom. The Balaban J connectivity index is 2.01. The Morgan fingerprint density at radius 3 is 2.53 bits per heavy atom. The first kappa shape index (κ1) is 14.6. The van der Waals surface area contributed by atoms with E-state index in [2.05, 4.69) is 15.9 Å². The van der Waals surface area contributed by atoms with Crippen molar-refractivity contribution in [2.24, 2.45) is 0 Å². The molecule has 0 fully saturated rings. The monoisotopic (exact) mass is 354 g/mol. The zero-order valence-corrected chi connectivity index (χ0v) is 13.5. The maximum atomic E-state index is 12.1. The fraction of sp³-hybridized carbons (Fsp3) is 0.133. The topological polar surface area (TPSA) is 17.1 Å². The van der Waals surface area contributed by atoms with Crippen molar-refractivity contribution in [3.63, 3.8) is 0 Å². The van der Waals surface area contributed by atoms with Crippen molar-refractivity contribution >= 4 is 45.1 Å². The van der Waals surface area contributed by atoms with Crippen LogP contribution in [0.2, 0.25) is 5.02 Å². The largest absolute Gasteiger partial charge is 0.293 e. The lowest BCUT2D eigenvalue weighted by molar-refractivity contribution is 0.102. The van der Waals surface area contributed by atoms with Crippen LogP contribution in [0.5, 0.6) is 0 Å². The van der Waals surface area contributed by atoms with E-state index in [0.29, 0.717) is 16.3 Å². The van der Waals surface area contributed by atoms with E-state index in [4.69, 9.17) is 11.6 Å². The van der Waals surface area contributed by atoms with Crippen LogP contribution in [-0.4, -0.2) is 11.5 Å². The number of aryl methyl sites for hydroxylation is 1. The average Bonchev–Trinajstić information content (AvgIpc) is 2.41. The SMILES string of the molecule is Cc1ccc(C(=O)CSc2ccc(Br)cc2)cc1Cl. The third-order valence-corrected chi connectivity index (χ3v) is 4.63. The van der Waals surface area contributed by atoms with Crippen LogP contribution in [0.15, 0.2) is 51.8 Å². The molecule has 19 heavy (non-hydrogen) atoms. The number of halogens is 2. The molecule has 0 aromatic heterocycles.